The minimum atomic E-state index is -0.296. The average molecular weight is 274 g/mol. The standard InChI is InChI=1S/C14H18N4O2/c1-2-11-12(15)13(18-17-11)14(19)16-8-9-20-10-6-4-3-5-7-10/h3-7H,2,8-9,15H2,1H3,(H,16,19)(H,17,18). The Labute approximate surface area is 117 Å². The van der Waals surface area contributed by atoms with Crippen molar-refractivity contribution in [3.05, 3.63) is 41.7 Å². The topological polar surface area (TPSA) is 93.0 Å². The van der Waals surface area contributed by atoms with Crippen molar-refractivity contribution in [1.29, 1.82) is 0 Å². The van der Waals surface area contributed by atoms with Crippen LogP contribution in [-0.4, -0.2) is 29.3 Å². The highest BCUT2D eigenvalue weighted by Gasteiger charge is 2.15. The number of hydrogen-bond acceptors (Lipinski definition) is 4. The molecule has 2 aromatic rings. The van der Waals surface area contributed by atoms with Gasteiger partial charge < -0.3 is 15.8 Å². The maximum atomic E-state index is 11.9. The Kier molecular flexibility index (Phi) is 4.60. The minimum Gasteiger partial charge on any atom is -0.492 e. The Bertz CT molecular complexity index is 566. The van der Waals surface area contributed by atoms with Crippen LogP contribution in [0.3, 0.4) is 0 Å². The van der Waals surface area contributed by atoms with Gasteiger partial charge >= 0.3 is 0 Å². The van der Waals surface area contributed by atoms with Crippen LogP contribution in [0.5, 0.6) is 5.75 Å². The molecule has 0 bridgehead atoms. The summed E-state index contributed by atoms with van der Waals surface area (Å²) < 4.78 is 5.47. The largest absolute Gasteiger partial charge is 0.492 e. The number of carbonyl (C=O) groups excluding carboxylic acids is 1. The maximum Gasteiger partial charge on any atom is 0.274 e. The zero-order valence-corrected chi connectivity index (χ0v) is 11.3. The first-order valence-corrected chi connectivity index (χ1v) is 6.51. The molecule has 0 saturated carbocycles. The molecule has 0 saturated heterocycles. The number of nitrogens with one attached hydrogen (secondary N) is 2. The van der Waals surface area contributed by atoms with Crippen LogP contribution in [0.25, 0.3) is 0 Å². The van der Waals surface area contributed by atoms with E-state index in [0.717, 1.165) is 11.4 Å². The number of ether oxygens (including phenoxy) is 1. The molecule has 1 heterocycles. The Balaban J connectivity index is 1.79. The van der Waals surface area contributed by atoms with Crippen molar-refractivity contribution in [2.75, 3.05) is 18.9 Å². The van der Waals surface area contributed by atoms with E-state index >= 15 is 0 Å². The average Bonchev–Trinajstić information content (AvgIpc) is 2.85. The first-order valence-electron chi connectivity index (χ1n) is 6.51. The lowest BCUT2D eigenvalue weighted by Gasteiger charge is -2.06. The second-order valence-electron chi connectivity index (χ2n) is 4.24. The number of benzene rings is 1. The van der Waals surface area contributed by atoms with E-state index in [1.54, 1.807) is 0 Å². The van der Waals surface area contributed by atoms with Crippen molar-refractivity contribution in [3.8, 4) is 5.75 Å². The van der Waals surface area contributed by atoms with Crippen molar-refractivity contribution in [2.45, 2.75) is 13.3 Å². The van der Waals surface area contributed by atoms with Gasteiger partial charge in [-0.05, 0) is 18.6 Å². The quantitative estimate of drug-likeness (QED) is 0.693. The molecule has 0 spiro atoms. The molecule has 6 heteroatoms. The maximum absolute atomic E-state index is 11.9. The molecule has 0 unspecified atom stereocenters. The summed E-state index contributed by atoms with van der Waals surface area (Å²) in [6.07, 6.45) is 0.712. The van der Waals surface area contributed by atoms with Crippen LogP contribution in [0, 0.1) is 0 Å². The lowest BCUT2D eigenvalue weighted by Crippen LogP contribution is -2.29. The number of carbonyl (C=O) groups is 1. The highest BCUT2D eigenvalue weighted by Crippen LogP contribution is 2.13. The molecular formula is C14H18N4O2. The third-order valence-electron chi connectivity index (χ3n) is 2.85. The van der Waals surface area contributed by atoms with Gasteiger partial charge in [0.2, 0.25) is 0 Å². The summed E-state index contributed by atoms with van der Waals surface area (Å²) in [6.45, 7) is 2.72. The van der Waals surface area contributed by atoms with Crippen LogP contribution < -0.4 is 15.8 Å². The lowest BCUT2D eigenvalue weighted by molar-refractivity contribution is 0.0943. The van der Waals surface area contributed by atoms with Crippen molar-refractivity contribution >= 4 is 11.6 Å². The summed E-state index contributed by atoms with van der Waals surface area (Å²) in [5, 5.41) is 9.40. The van der Waals surface area contributed by atoms with Crippen molar-refractivity contribution in [3.63, 3.8) is 0 Å². The van der Waals surface area contributed by atoms with Gasteiger partial charge in [0.1, 0.15) is 12.4 Å². The Hall–Kier alpha value is -2.50. The summed E-state index contributed by atoms with van der Waals surface area (Å²) in [4.78, 5) is 11.9. The fraction of sp³-hybridized carbons (Fsp3) is 0.286. The Morgan fingerprint density at radius 1 is 1.40 bits per heavy atom. The molecule has 1 amide bonds. The fourth-order valence-electron chi connectivity index (χ4n) is 1.76. The van der Waals surface area contributed by atoms with Crippen LogP contribution in [0.4, 0.5) is 5.69 Å². The molecular weight excluding hydrogens is 256 g/mol. The molecule has 0 atom stereocenters. The van der Waals surface area contributed by atoms with Crippen LogP contribution >= 0.6 is 0 Å². The molecule has 1 aromatic carbocycles. The van der Waals surface area contributed by atoms with Crippen molar-refractivity contribution in [2.24, 2.45) is 0 Å². The summed E-state index contributed by atoms with van der Waals surface area (Å²) in [7, 11) is 0. The molecule has 1 aromatic heterocycles. The van der Waals surface area contributed by atoms with E-state index in [9.17, 15) is 4.79 Å². The Morgan fingerprint density at radius 2 is 2.15 bits per heavy atom. The third kappa shape index (κ3) is 3.28. The van der Waals surface area contributed by atoms with Gasteiger partial charge in [-0.3, -0.25) is 9.89 Å². The molecule has 20 heavy (non-hydrogen) atoms. The van der Waals surface area contributed by atoms with Gasteiger partial charge in [0.15, 0.2) is 5.69 Å². The number of hydrogen-bond donors (Lipinski definition) is 3. The van der Waals surface area contributed by atoms with Crippen LogP contribution in [0.15, 0.2) is 30.3 Å². The fourth-order valence-corrected chi connectivity index (χ4v) is 1.76. The number of nitrogens with zero attached hydrogens (tertiary/aromatic N) is 1. The summed E-state index contributed by atoms with van der Waals surface area (Å²) in [6, 6.07) is 9.43. The van der Waals surface area contributed by atoms with E-state index in [1.165, 1.54) is 0 Å². The first-order chi connectivity index (χ1) is 9.72. The predicted molar refractivity (Wildman–Crippen MR) is 76.6 cm³/mol. The van der Waals surface area contributed by atoms with E-state index < -0.39 is 0 Å². The summed E-state index contributed by atoms with van der Waals surface area (Å²) in [5.74, 6) is 0.476. The third-order valence-corrected chi connectivity index (χ3v) is 2.85. The highest BCUT2D eigenvalue weighted by atomic mass is 16.5. The van der Waals surface area contributed by atoms with Gasteiger partial charge in [-0.15, -0.1) is 0 Å². The molecule has 6 nitrogen and oxygen atoms in total. The van der Waals surface area contributed by atoms with Gasteiger partial charge in [0.05, 0.1) is 17.9 Å². The van der Waals surface area contributed by atoms with Crippen LogP contribution in [0.1, 0.15) is 23.1 Å². The number of aromatic nitrogens is 2. The molecule has 0 aliphatic heterocycles. The number of aryl methyl sites for hydroxylation is 1. The van der Waals surface area contributed by atoms with Crippen LogP contribution in [0.2, 0.25) is 0 Å². The zero-order valence-electron chi connectivity index (χ0n) is 11.3. The monoisotopic (exact) mass is 274 g/mol. The summed E-state index contributed by atoms with van der Waals surface area (Å²) >= 11 is 0. The van der Waals surface area contributed by atoms with Gasteiger partial charge in [0.25, 0.3) is 5.91 Å². The van der Waals surface area contributed by atoms with E-state index in [-0.39, 0.29) is 11.6 Å². The predicted octanol–water partition coefficient (Wildman–Crippen LogP) is 1.36. The second-order valence-corrected chi connectivity index (χ2v) is 4.24. The molecule has 4 N–H and O–H groups in total. The smallest absolute Gasteiger partial charge is 0.274 e. The van der Waals surface area contributed by atoms with Crippen molar-refractivity contribution in [1.82, 2.24) is 15.5 Å². The number of aromatic amines is 1. The number of nitrogen functional groups attached to an aromatic ring is 1. The van der Waals surface area contributed by atoms with E-state index in [1.807, 2.05) is 37.3 Å². The van der Waals surface area contributed by atoms with E-state index in [4.69, 9.17) is 10.5 Å². The van der Waals surface area contributed by atoms with Crippen molar-refractivity contribution < 1.29 is 9.53 Å². The Morgan fingerprint density at radius 3 is 2.80 bits per heavy atom. The number of H-pyrrole nitrogens is 1. The molecule has 0 radical (unpaired) electrons. The van der Waals surface area contributed by atoms with Gasteiger partial charge in [-0.2, -0.15) is 5.10 Å². The van der Waals surface area contributed by atoms with E-state index in [0.29, 0.717) is 25.3 Å². The SMILES string of the molecule is CCc1[nH]nc(C(=O)NCCOc2ccccc2)c1N. The van der Waals surface area contributed by atoms with Gasteiger partial charge in [-0.1, -0.05) is 25.1 Å². The highest BCUT2D eigenvalue weighted by molar-refractivity contribution is 5.97. The van der Waals surface area contributed by atoms with E-state index in [2.05, 4.69) is 15.5 Å². The number of para-hydroxylation sites is 1. The molecule has 0 aliphatic rings. The van der Waals surface area contributed by atoms with Gasteiger partial charge in [-0.25, -0.2) is 0 Å². The molecule has 0 fully saturated rings. The molecule has 2 rings (SSSR count). The normalized spacial score (nSPS) is 10.2. The zero-order chi connectivity index (χ0) is 14.4. The molecule has 0 aliphatic carbocycles. The first kappa shape index (κ1) is 13.9. The summed E-state index contributed by atoms with van der Waals surface area (Å²) in [5.41, 5.74) is 7.25. The van der Waals surface area contributed by atoms with Crippen LogP contribution in [-0.2, 0) is 6.42 Å². The molecule has 106 valence electrons. The number of nitrogens with two attached hydrogens (primary N) is 1. The second kappa shape index (κ2) is 6.60. The number of anilines is 1. The number of rotatable bonds is 6. The van der Waals surface area contributed by atoms with Gasteiger partial charge in [0, 0.05) is 0 Å². The lowest BCUT2D eigenvalue weighted by atomic mass is 10.2. The number of amides is 1. The minimum absolute atomic E-state index is 0.238.